The molecule has 0 aliphatic carbocycles. The quantitative estimate of drug-likeness (QED) is 0.662. The van der Waals surface area contributed by atoms with E-state index in [0.29, 0.717) is 21.2 Å². The first-order valence-corrected chi connectivity index (χ1v) is 9.28. The van der Waals surface area contributed by atoms with Crippen molar-refractivity contribution < 1.29 is 9.59 Å². The maximum atomic E-state index is 12.4. The second-order valence-corrected chi connectivity index (χ2v) is 7.00. The van der Waals surface area contributed by atoms with Gasteiger partial charge >= 0.3 is 0 Å². The lowest BCUT2D eigenvalue weighted by Crippen LogP contribution is -2.16. The molecule has 0 fully saturated rings. The predicted molar refractivity (Wildman–Crippen MR) is 110 cm³/mol. The molecule has 1 aromatic heterocycles. The lowest BCUT2D eigenvalue weighted by Gasteiger charge is -2.07. The Labute approximate surface area is 165 Å². The van der Waals surface area contributed by atoms with Gasteiger partial charge in [-0.1, -0.05) is 41.9 Å². The standard InChI is InChI=1S/C20H16ClN3O2S/c1-22-20(26)17-12-23-18(27-17)10-9-13-5-4-6-14(11-13)24-19(25)15-7-2-3-8-16(15)21/h2-12H,1H3,(H,22,26)(H,24,25)/b10-9+. The lowest BCUT2D eigenvalue weighted by atomic mass is 10.1. The molecule has 0 aliphatic rings. The largest absolute Gasteiger partial charge is 0.354 e. The minimum atomic E-state index is -0.267. The molecule has 2 aromatic carbocycles. The van der Waals surface area contributed by atoms with Crippen molar-refractivity contribution in [3.8, 4) is 0 Å². The molecule has 0 aliphatic heterocycles. The average molecular weight is 398 g/mol. The van der Waals surface area contributed by atoms with E-state index in [-0.39, 0.29) is 11.8 Å². The van der Waals surface area contributed by atoms with Crippen LogP contribution in [0.5, 0.6) is 0 Å². The molecule has 27 heavy (non-hydrogen) atoms. The topological polar surface area (TPSA) is 71.1 Å². The maximum absolute atomic E-state index is 12.4. The van der Waals surface area contributed by atoms with Crippen LogP contribution in [0.15, 0.2) is 54.7 Å². The van der Waals surface area contributed by atoms with E-state index in [9.17, 15) is 9.59 Å². The van der Waals surface area contributed by atoms with Crippen LogP contribution in [0.3, 0.4) is 0 Å². The number of nitrogens with one attached hydrogen (secondary N) is 2. The van der Waals surface area contributed by atoms with Crippen molar-refractivity contribution in [2.75, 3.05) is 12.4 Å². The summed E-state index contributed by atoms with van der Waals surface area (Å²) in [5, 5.41) is 6.54. The van der Waals surface area contributed by atoms with E-state index in [1.807, 2.05) is 30.4 Å². The SMILES string of the molecule is CNC(=O)c1cnc(/C=C/c2cccc(NC(=O)c3ccccc3Cl)c2)s1. The van der Waals surface area contributed by atoms with Crippen LogP contribution >= 0.6 is 22.9 Å². The van der Waals surface area contributed by atoms with Crippen molar-refractivity contribution in [3.05, 3.63) is 80.8 Å². The number of benzene rings is 2. The normalized spacial score (nSPS) is 10.7. The molecule has 0 unspecified atom stereocenters. The van der Waals surface area contributed by atoms with Crippen LogP contribution in [-0.4, -0.2) is 23.8 Å². The summed E-state index contributed by atoms with van der Waals surface area (Å²) in [7, 11) is 1.58. The van der Waals surface area contributed by atoms with Gasteiger partial charge in [-0.15, -0.1) is 11.3 Å². The van der Waals surface area contributed by atoms with Gasteiger partial charge in [-0.2, -0.15) is 0 Å². The summed E-state index contributed by atoms with van der Waals surface area (Å²) in [5.74, 6) is -0.423. The Kier molecular flexibility index (Phi) is 6.01. The summed E-state index contributed by atoms with van der Waals surface area (Å²) < 4.78 is 0. The second-order valence-electron chi connectivity index (χ2n) is 5.53. The van der Waals surface area contributed by atoms with Crippen molar-refractivity contribution in [2.24, 2.45) is 0 Å². The number of rotatable bonds is 5. The van der Waals surface area contributed by atoms with E-state index in [0.717, 1.165) is 10.6 Å². The van der Waals surface area contributed by atoms with Crippen LogP contribution in [0.25, 0.3) is 12.2 Å². The van der Waals surface area contributed by atoms with Crippen molar-refractivity contribution in [3.63, 3.8) is 0 Å². The molecule has 2 amide bonds. The number of anilines is 1. The number of hydrogen-bond donors (Lipinski definition) is 2. The molecule has 0 radical (unpaired) electrons. The van der Waals surface area contributed by atoms with E-state index >= 15 is 0 Å². The third-order valence-electron chi connectivity index (χ3n) is 3.66. The highest BCUT2D eigenvalue weighted by Crippen LogP contribution is 2.20. The smallest absolute Gasteiger partial charge is 0.262 e. The molecule has 3 rings (SSSR count). The second kappa shape index (κ2) is 8.62. The molecular weight excluding hydrogens is 382 g/mol. The molecule has 136 valence electrons. The highest BCUT2D eigenvalue weighted by molar-refractivity contribution is 7.14. The maximum Gasteiger partial charge on any atom is 0.262 e. The molecular formula is C20H16ClN3O2S. The van der Waals surface area contributed by atoms with E-state index in [2.05, 4.69) is 15.6 Å². The Morgan fingerprint density at radius 3 is 2.67 bits per heavy atom. The van der Waals surface area contributed by atoms with Gasteiger partial charge in [0.2, 0.25) is 0 Å². The van der Waals surface area contributed by atoms with Gasteiger partial charge in [0.1, 0.15) is 9.88 Å². The molecule has 1 heterocycles. The molecule has 0 atom stereocenters. The summed E-state index contributed by atoms with van der Waals surface area (Å²) in [6, 6.07) is 14.3. The zero-order chi connectivity index (χ0) is 19.2. The van der Waals surface area contributed by atoms with Gasteiger partial charge in [0.15, 0.2) is 0 Å². The van der Waals surface area contributed by atoms with Gasteiger partial charge in [0, 0.05) is 12.7 Å². The Morgan fingerprint density at radius 2 is 1.89 bits per heavy atom. The summed E-state index contributed by atoms with van der Waals surface area (Å²) >= 11 is 7.37. The predicted octanol–water partition coefficient (Wildman–Crippen LogP) is 4.58. The fourth-order valence-corrected chi connectivity index (χ4v) is 3.31. The van der Waals surface area contributed by atoms with Gasteiger partial charge in [-0.05, 0) is 35.9 Å². The van der Waals surface area contributed by atoms with Crippen LogP contribution in [0.1, 0.15) is 30.6 Å². The van der Waals surface area contributed by atoms with E-state index in [4.69, 9.17) is 11.6 Å². The third-order valence-corrected chi connectivity index (χ3v) is 4.95. The van der Waals surface area contributed by atoms with E-state index < -0.39 is 0 Å². The van der Waals surface area contributed by atoms with Gasteiger partial charge in [0.05, 0.1) is 16.8 Å². The molecule has 0 bridgehead atoms. The monoisotopic (exact) mass is 397 g/mol. The Balaban J connectivity index is 1.72. The number of halogens is 1. The number of thiazole rings is 1. The fraction of sp³-hybridized carbons (Fsp3) is 0.0500. The molecule has 3 aromatic rings. The van der Waals surface area contributed by atoms with Gasteiger partial charge < -0.3 is 10.6 Å². The third kappa shape index (κ3) is 4.81. The number of amides is 2. The van der Waals surface area contributed by atoms with Crippen molar-refractivity contribution in [1.29, 1.82) is 0 Å². The van der Waals surface area contributed by atoms with Crippen LogP contribution < -0.4 is 10.6 Å². The average Bonchev–Trinajstić information content (AvgIpc) is 3.15. The fourth-order valence-electron chi connectivity index (χ4n) is 2.32. The minimum absolute atomic E-state index is 0.156. The first-order chi connectivity index (χ1) is 13.1. The number of carbonyl (C=O) groups excluding carboxylic acids is 2. The summed E-state index contributed by atoms with van der Waals surface area (Å²) in [6.45, 7) is 0. The van der Waals surface area contributed by atoms with Crippen LogP contribution in [0.2, 0.25) is 5.02 Å². The zero-order valence-corrected chi connectivity index (χ0v) is 16.0. The van der Waals surface area contributed by atoms with Gasteiger partial charge in [-0.25, -0.2) is 4.98 Å². The van der Waals surface area contributed by atoms with E-state index in [1.54, 1.807) is 43.6 Å². The van der Waals surface area contributed by atoms with Crippen LogP contribution in [-0.2, 0) is 0 Å². The summed E-state index contributed by atoms with van der Waals surface area (Å²) in [6.07, 6.45) is 5.24. The number of hydrogen-bond acceptors (Lipinski definition) is 4. The molecule has 0 spiro atoms. The Bertz CT molecular complexity index is 1010. The number of nitrogens with zero attached hydrogens (tertiary/aromatic N) is 1. The minimum Gasteiger partial charge on any atom is -0.354 e. The van der Waals surface area contributed by atoms with Crippen LogP contribution in [0, 0.1) is 0 Å². The number of aromatic nitrogens is 1. The van der Waals surface area contributed by atoms with Crippen molar-refractivity contribution in [1.82, 2.24) is 10.3 Å². The Hall–Kier alpha value is -2.96. The van der Waals surface area contributed by atoms with Crippen molar-refractivity contribution >= 4 is 52.6 Å². The molecule has 0 saturated carbocycles. The van der Waals surface area contributed by atoms with Crippen molar-refractivity contribution in [2.45, 2.75) is 0 Å². The lowest BCUT2D eigenvalue weighted by molar-refractivity contribution is 0.0965. The molecule has 7 heteroatoms. The molecule has 2 N–H and O–H groups in total. The Morgan fingerprint density at radius 1 is 1.07 bits per heavy atom. The zero-order valence-electron chi connectivity index (χ0n) is 14.4. The van der Waals surface area contributed by atoms with Crippen LogP contribution in [0.4, 0.5) is 5.69 Å². The molecule has 0 saturated heterocycles. The highest BCUT2D eigenvalue weighted by Gasteiger charge is 2.10. The first-order valence-electron chi connectivity index (χ1n) is 8.09. The summed E-state index contributed by atoms with van der Waals surface area (Å²) in [5.41, 5.74) is 1.97. The molecule has 5 nitrogen and oxygen atoms in total. The summed E-state index contributed by atoms with van der Waals surface area (Å²) in [4.78, 5) is 28.7. The van der Waals surface area contributed by atoms with E-state index in [1.165, 1.54) is 11.3 Å². The highest BCUT2D eigenvalue weighted by atomic mass is 35.5. The number of carbonyl (C=O) groups is 2. The van der Waals surface area contributed by atoms with Gasteiger partial charge in [0.25, 0.3) is 11.8 Å². The first kappa shape index (κ1) is 18.8. The van der Waals surface area contributed by atoms with Gasteiger partial charge in [-0.3, -0.25) is 9.59 Å².